The molecular weight excluding hydrogens is 266 g/mol. The Morgan fingerprint density at radius 1 is 1.10 bits per heavy atom. The minimum Gasteiger partial charge on any atom is -0.477 e. The maximum atomic E-state index is 12.4. The van der Waals surface area contributed by atoms with Crippen LogP contribution in [0.3, 0.4) is 0 Å². The Kier molecular flexibility index (Phi) is 3.98. The van der Waals surface area contributed by atoms with Crippen molar-refractivity contribution in [2.24, 2.45) is 0 Å². The zero-order valence-corrected chi connectivity index (χ0v) is 12.7. The number of rotatable bonds is 3. The molecule has 0 atom stereocenters. The molecule has 0 fully saturated rings. The molecule has 21 heavy (non-hydrogen) atoms. The highest BCUT2D eigenvalue weighted by Gasteiger charge is 2.17. The summed E-state index contributed by atoms with van der Waals surface area (Å²) >= 11 is 0. The maximum Gasteiger partial charge on any atom is 0.341 e. The van der Waals surface area contributed by atoms with Gasteiger partial charge < -0.3 is 9.67 Å². The van der Waals surface area contributed by atoms with E-state index in [-0.39, 0.29) is 11.6 Å². The molecule has 0 unspecified atom stereocenters. The highest BCUT2D eigenvalue weighted by Crippen LogP contribution is 2.23. The van der Waals surface area contributed by atoms with E-state index >= 15 is 0 Å². The Balaban J connectivity index is 2.74. The minimum absolute atomic E-state index is 0.117. The molecule has 0 aliphatic carbocycles. The summed E-state index contributed by atoms with van der Waals surface area (Å²) in [6.45, 7) is 7.79. The van der Waals surface area contributed by atoms with Crippen molar-refractivity contribution < 1.29 is 9.90 Å². The minimum atomic E-state index is -1.19. The van der Waals surface area contributed by atoms with Crippen LogP contribution in [0.15, 0.2) is 35.1 Å². The van der Waals surface area contributed by atoms with Crippen LogP contribution in [0.1, 0.15) is 41.4 Å². The first kappa shape index (κ1) is 15.0. The number of nitrogens with zero attached hydrogens (tertiary/aromatic N) is 1. The molecule has 1 aromatic heterocycles. The van der Waals surface area contributed by atoms with Gasteiger partial charge in [-0.25, -0.2) is 4.79 Å². The fourth-order valence-electron chi connectivity index (χ4n) is 2.36. The van der Waals surface area contributed by atoms with Crippen LogP contribution in [-0.2, 0) is 0 Å². The predicted octanol–water partition coefficient (Wildman–Crippen LogP) is 3.41. The summed E-state index contributed by atoms with van der Waals surface area (Å²) in [5.74, 6) is -1.19. The molecule has 0 saturated carbocycles. The highest BCUT2D eigenvalue weighted by atomic mass is 16.4. The van der Waals surface area contributed by atoms with Gasteiger partial charge in [-0.2, -0.15) is 0 Å². The van der Waals surface area contributed by atoms with Gasteiger partial charge in [0.15, 0.2) is 0 Å². The Morgan fingerprint density at radius 3 is 2.29 bits per heavy atom. The van der Waals surface area contributed by atoms with Crippen molar-refractivity contribution in [3.63, 3.8) is 0 Å². The van der Waals surface area contributed by atoms with Gasteiger partial charge in [-0.3, -0.25) is 4.79 Å². The van der Waals surface area contributed by atoms with Crippen LogP contribution in [0.2, 0.25) is 0 Å². The summed E-state index contributed by atoms with van der Waals surface area (Å²) < 4.78 is 1.54. The Morgan fingerprint density at radius 2 is 1.76 bits per heavy atom. The second-order valence-corrected chi connectivity index (χ2v) is 5.51. The number of aromatic nitrogens is 1. The van der Waals surface area contributed by atoms with Gasteiger partial charge in [0.1, 0.15) is 5.56 Å². The molecule has 0 aliphatic heterocycles. The van der Waals surface area contributed by atoms with Gasteiger partial charge in [0.25, 0.3) is 5.56 Å². The van der Waals surface area contributed by atoms with Crippen LogP contribution in [0, 0.1) is 13.8 Å². The molecule has 0 amide bonds. The number of carboxylic acids is 1. The average Bonchev–Trinajstić information content (AvgIpc) is 2.40. The monoisotopic (exact) mass is 285 g/mol. The zero-order valence-electron chi connectivity index (χ0n) is 12.7. The van der Waals surface area contributed by atoms with Crippen LogP contribution in [0.4, 0.5) is 0 Å². The van der Waals surface area contributed by atoms with Gasteiger partial charge >= 0.3 is 5.97 Å². The van der Waals surface area contributed by atoms with Gasteiger partial charge in [0, 0.05) is 6.04 Å². The van der Waals surface area contributed by atoms with Crippen LogP contribution < -0.4 is 5.56 Å². The molecule has 110 valence electrons. The summed E-state index contributed by atoms with van der Waals surface area (Å²) in [5, 5.41) is 9.10. The molecule has 4 heteroatoms. The van der Waals surface area contributed by atoms with Gasteiger partial charge in [-0.1, -0.05) is 12.1 Å². The molecule has 0 saturated heterocycles. The van der Waals surface area contributed by atoms with Gasteiger partial charge in [-0.05, 0) is 62.6 Å². The smallest absolute Gasteiger partial charge is 0.341 e. The number of carbonyl (C=O) groups is 1. The number of carboxylic acid groups (broad SMARTS) is 1. The van der Waals surface area contributed by atoms with E-state index in [1.165, 1.54) is 16.2 Å². The normalized spacial score (nSPS) is 10.9. The van der Waals surface area contributed by atoms with Crippen LogP contribution in [0.5, 0.6) is 0 Å². The lowest BCUT2D eigenvalue weighted by molar-refractivity contribution is 0.0694. The summed E-state index contributed by atoms with van der Waals surface area (Å²) in [4.78, 5) is 23.5. The summed E-state index contributed by atoms with van der Waals surface area (Å²) in [7, 11) is 0. The molecule has 2 aromatic rings. The molecule has 1 N–H and O–H groups in total. The highest BCUT2D eigenvalue weighted by molar-refractivity contribution is 5.87. The van der Waals surface area contributed by atoms with E-state index in [1.807, 2.05) is 45.9 Å². The molecule has 2 rings (SSSR count). The largest absolute Gasteiger partial charge is 0.477 e. The van der Waals surface area contributed by atoms with Crippen molar-refractivity contribution in [2.45, 2.75) is 33.7 Å². The molecule has 0 aliphatic rings. The van der Waals surface area contributed by atoms with Crippen LogP contribution >= 0.6 is 0 Å². The number of hydrogen-bond acceptors (Lipinski definition) is 2. The third-order valence-electron chi connectivity index (χ3n) is 3.67. The first-order valence-corrected chi connectivity index (χ1v) is 6.89. The predicted molar refractivity (Wildman–Crippen MR) is 83.0 cm³/mol. The van der Waals surface area contributed by atoms with E-state index in [1.54, 1.807) is 6.07 Å². The molecule has 0 bridgehead atoms. The number of aromatic carboxylic acids is 1. The third kappa shape index (κ3) is 2.75. The quantitative estimate of drug-likeness (QED) is 0.940. The first-order valence-electron chi connectivity index (χ1n) is 6.89. The SMILES string of the molecule is Cc1ccc(-c2ccc(C(=O)O)c(=O)n2C(C)C)cc1C. The number of pyridine rings is 1. The van der Waals surface area contributed by atoms with Gasteiger partial charge in [-0.15, -0.1) is 0 Å². The van der Waals surface area contributed by atoms with Crippen molar-refractivity contribution in [1.29, 1.82) is 0 Å². The van der Waals surface area contributed by atoms with Crippen molar-refractivity contribution >= 4 is 5.97 Å². The standard InChI is InChI=1S/C17H19NO3/c1-10(2)18-15(8-7-14(16(18)19)17(20)21)13-6-5-11(3)12(4)9-13/h5-10H,1-4H3,(H,20,21). The molecule has 0 spiro atoms. The molecule has 0 radical (unpaired) electrons. The lowest BCUT2D eigenvalue weighted by atomic mass is 10.0. The Bertz CT molecular complexity index is 757. The van der Waals surface area contributed by atoms with E-state index < -0.39 is 11.5 Å². The lowest BCUT2D eigenvalue weighted by Crippen LogP contribution is -2.28. The number of aryl methyl sites for hydroxylation is 2. The van der Waals surface area contributed by atoms with E-state index in [2.05, 4.69) is 0 Å². The van der Waals surface area contributed by atoms with Crippen molar-refractivity contribution in [1.82, 2.24) is 4.57 Å². The lowest BCUT2D eigenvalue weighted by Gasteiger charge is -2.18. The van der Waals surface area contributed by atoms with Gasteiger partial charge in [0.05, 0.1) is 5.69 Å². The first-order chi connectivity index (χ1) is 9.82. The third-order valence-corrected chi connectivity index (χ3v) is 3.67. The fourth-order valence-corrected chi connectivity index (χ4v) is 2.36. The topological polar surface area (TPSA) is 59.3 Å². The number of benzene rings is 1. The van der Waals surface area contributed by atoms with Gasteiger partial charge in [0.2, 0.25) is 0 Å². The maximum absolute atomic E-state index is 12.4. The Labute approximate surface area is 123 Å². The fraction of sp³-hybridized carbons (Fsp3) is 0.294. The second kappa shape index (κ2) is 5.56. The van der Waals surface area contributed by atoms with Crippen LogP contribution in [0.25, 0.3) is 11.3 Å². The summed E-state index contributed by atoms with van der Waals surface area (Å²) in [6.07, 6.45) is 0. The van der Waals surface area contributed by atoms with E-state index in [0.29, 0.717) is 0 Å². The van der Waals surface area contributed by atoms with Crippen molar-refractivity contribution in [3.05, 3.63) is 57.4 Å². The van der Waals surface area contributed by atoms with Crippen molar-refractivity contribution in [2.75, 3.05) is 0 Å². The molecular formula is C17H19NO3. The zero-order chi connectivity index (χ0) is 15.7. The van der Waals surface area contributed by atoms with E-state index in [9.17, 15) is 9.59 Å². The molecule has 1 aromatic carbocycles. The van der Waals surface area contributed by atoms with Crippen LogP contribution in [-0.4, -0.2) is 15.6 Å². The summed E-state index contributed by atoms with van der Waals surface area (Å²) in [6, 6.07) is 8.95. The Hall–Kier alpha value is -2.36. The second-order valence-electron chi connectivity index (χ2n) is 5.51. The van der Waals surface area contributed by atoms with Crippen molar-refractivity contribution in [3.8, 4) is 11.3 Å². The molecule has 1 heterocycles. The van der Waals surface area contributed by atoms with E-state index in [4.69, 9.17) is 5.11 Å². The van der Waals surface area contributed by atoms with E-state index in [0.717, 1.165) is 16.8 Å². The molecule has 4 nitrogen and oxygen atoms in total. The average molecular weight is 285 g/mol. The number of hydrogen-bond donors (Lipinski definition) is 1. The summed E-state index contributed by atoms with van der Waals surface area (Å²) in [5.41, 5.74) is 3.31.